The lowest BCUT2D eigenvalue weighted by Crippen LogP contribution is -2.07. The van der Waals surface area contributed by atoms with Gasteiger partial charge in [0.05, 0.1) is 16.7 Å². The van der Waals surface area contributed by atoms with E-state index in [4.69, 9.17) is 0 Å². The van der Waals surface area contributed by atoms with Crippen molar-refractivity contribution in [3.8, 4) is 6.07 Å². The van der Waals surface area contributed by atoms with Crippen LogP contribution in [-0.2, 0) is 22.0 Å². The Balaban J connectivity index is 1.86. The van der Waals surface area contributed by atoms with Crippen LogP contribution in [0.25, 0.3) is 10.8 Å². The molecule has 0 heterocycles. The van der Waals surface area contributed by atoms with Gasteiger partial charge < -0.3 is 0 Å². The Morgan fingerprint density at radius 1 is 1.04 bits per heavy atom. The molecular weight excluding hydrogens is 342 g/mol. The van der Waals surface area contributed by atoms with Crippen LogP contribution in [0, 0.1) is 11.3 Å². The van der Waals surface area contributed by atoms with Crippen LogP contribution in [-0.4, -0.2) is 8.42 Å². The summed E-state index contributed by atoms with van der Waals surface area (Å²) >= 11 is 0. The van der Waals surface area contributed by atoms with Gasteiger partial charge in [-0.05, 0) is 64.4 Å². The van der Waals surface area contributed by atoms with Crippen LogP contribution in [0.1, 0.15) is 35.4 Å². The molecule has 3 aromatic carbocycles. The van der Waals surface area contributed by atoms with Gasteiger partial charge in [0.2, 0.25) is 0 Å². The molecule has 0 N–H and O–H groups in total. The van der Waals surface area contributed by atoms with E-state index in [1.807, 2.05) is 30.3 Å². The third-order valence-electron chi connectivity index (χ3n) is 5.23. The Morgan fingerprint density at radius 2 is 1.77 bits per heavy atom. The van der Waals surface area contributed by atoms with Gasteiger partial charge in [-0.15, -0.1) is 0 Å². The number of fused-ring (bicyclic) bond motifs is 3. The zero-order valence-electron chi connectivity index (χ0n) is 14.4. The summed E-state index contributed by atoms with van der Waals surface area (Å²) in [5, 5.41) is 11.4. The van der Waals surface area contributed by atoms with Gasteiger partial charge in [0.25, 0.3) is 0 Å². The second-order valence-electron chi connectivity index (χ2n) is 6.82. The Kier molecular flexibility index (Phi) is 4.26. The number of nitrogens with zero attached hydrogens (tertiary/aromatic N) is 1. The predicted octanol–water partition coefficient (Wildman–Crippen LogP) is 4.76. The van der Waals surface area contributed by atoms with Crippen molar-refractivity contribution in [3.63, 3.8) is 0 Å². The third-order valence-corrected chi connectivity index (χ3v) is 6.91. The van der Waals surface area contributed by atoms with Gasteiger partial charge in [-0.2, -0.15) is 5.26 Å². The molecule has 1 unspecified atom stereocenters. The largest absolute Gasteiger partial charge is 0.223 e. The second kappa shape index (κ2) is 6.59. The number of benzene rings is 3. The van der Waals surface area contributed by atoms with Crippen molar-refractivity contribution >= 4 is 20.6 Å². The van der Waals surface area contributed by atoms with Gasteiger partial charge in [-0.25, -0.2) is 8.42 Å². The fourth-order valence-corrected chi connectivity index (χ4v) is 5.47. The lowest BCUT2D eigenvalue weighted by Gasteiger charge is -2.15. The van der Waals surface area contributed by atoms with Crippen LogP contribution >= 0.6 is 0 Å². The molecule has 0 aromatic heterocycles. The van der Waals surface area contributed by atoms with E-state index in [0.717, 1.165) is 34.7 Å². The molecule has 0 aliphatic heterocycles. The van der Waals surface area contributed by atoms with Crippen LogP contribution in [0.3, 0.4) is 0 Å². The molecule has 130 valence electrons. The molecule has 0 fully saturated rings. The highest BCUT2D eigenvalue weighted by Crippen LogP contribution is 2.42. The fourth-order valence-electron chi connectivity index (χ4n) is 4.06. The zero-order valence-corrected chi connectivity index (χ0v) is 15.2. The lowest BCUT2D eigenvalue weighted by molar-refractivity contribution is 0.595. The highest BCUT2D eigenvalue weighted by atomic mass is 32.2. The Bertz CT molecular complexity index is 1110. The third kappa shape index (κ3) is 2.89. The minimum absolute atomic E-state index is 0.00343. The second-order valence-corrected chi connectivity index (χ2v) is 8.81. The number of hydrogen-bond donors (Lipinski definition) is 0. The lowest BCUT2D eigenvalue weighted by atomic mass is 9.91. The van der Waals surface area contributed by atoms with E-state index in [1.54, 1.807) is 24.3 Å². The van der Waals surface area contributed by atoms with E-state index in [9.17, 15) is 13.7 Å². The van der Waals surface area contributed by atoms with Crippen LogP contribution in [0.5, 0.6) is 0 Å². The maximum absolute atomic E-state index is 12.9. The van der Waals surface area contributed by atoms with Gasteiger partial charge in [-0.1, -0.05) is 42.5 Å². The Hall–Kier alpha value is -2.64. The van der Waals surface area contributed by atoms with Gasteiger partial charge >= 0.3 is 0 Å². The van der Waals surface area contributed by atoms with Crippen molar-refractivity contribution in [1.29, 1.82) is 5.26 Å². The van der Waals surface area contributed by atoms with Gasteiger partial charge in [0.15, 0.2) is 9.84 Å². The van der Waals surface area contributed by atoms with E-state index in [2.05, 4.69) is 12.1 Å². The fraction of sp³-hybridized carbons (Fsp3) is 0.227. The summed E-state index contributed by atoms with van der Waals surface area (Å²) in [6.07, 6.45) is 2.23. The molecule has 3 nitrogen and oxygen atoms in total. The minimum Gasteiger partial charge on any atom is -0.223 e. The summed E-state index contributed by atoms with van der Waals surface area (Å²) in [6, 6.07) is 21.0. The minimum atomic E-state index is -3.40. The Morgan fingerprint density at radius 3 is 2.54 bits per heavy atom. The number of nitriles is 1. The van der Waals surface area contributed by atoms with Gasteiger partial charge in [0, 0.05) is 6.42 Å². The molecule has 0 spiro atoms. The molecule has 0 saturated heterocycles. The van der Waals surface area contributed by atoms with E-state index in [0.29, 0.717) is 11.3 Å². The highest BCUT2D eigenvalue weighted by molar-refractivity contribution is 7.90. The molecule has 0 saturated carbocycles. The summed E-state index contributed by atoms with van der Waals surface area (Å²) in [7, 11) is -3.40. The molecule has 4 heteroatoms. The number of hydrogen-bond acceptors (Lipinski definition) is 3. The molecule has 1 aliphatic rings. The monoisotopic (exact) mass is 361 g/mol. The maximum atomic E-state index is 12.9. The smallest absolute Gasteiger partial charge is 0.182 e. The standard InChI is InChI=1S/C22H19NO2S/c23-13-12-16-10-11-21-18(14-17-6-4-5-9-20(17)22(16)21)15-26(24,25)19-7-2-1-3-8-19/h1-9,14,16H,10-12,15H2. The first-order chi connectivity index (χ1) is 12.6. The topological polar surface area (TPSA) is 57.9 Å². The zero-order chi connectivity index (χ0) is 18.1. The van der Waals surface area contributed by atoms with Gasteiger partial charge in [-0.3, -0.25) is 0 Å². The first kappa shape index (κ1) is 16.8. The average molecular weight is 361 g/mol. The van der Waals surface area contributed by atoms with E-state index in [1.165, 1.54) is 5.56 Å². The number of sulfone groups is 1. The van der Waals surface area contributed by atoms with Crippen molar-refractivity contribution in [2.75, 3.05) is 0 Å². The summed E-state index contributed by atoms with van der Waals surface area (Å²) < 4.78 is 25.8. The summed E-state index contributed by atoms with van der Waals surface area (Å²) in [6.45, 7) is 0. The molecule has 1 atom stereocenters. The summed E-state index contributed by atoms with van der Waals surface area (Å²) in [4.78, 5) is 0.355. The first-order valence-corrected chi connectivity index (χ1v) is 10.4. The number of rotatable bonds is 4. The molecule has 1 aliphatic carbocycles. The average Bonchev–Trinajstić information content (AvgIpc) is 3.07. The normalized spacial score (nSPS) is 16.3. The molecule has 4 rings (SSSR count). The van der Waals surface area contributed by atoms with E-state index < -0.39 is 9.84 Å². The van der Waals surface area contributed by atoms with Crippen molar-refractivity contribution in [1.82, 2.24) is 0 Å². The van der Waals surface area contributed by atoms with E-state index >= 15 is 0 Å². The molecular formula is C22H19NO2S. The molecule has 0 bridgehead atoms. The van der Waals surface area contributed by atoms with Gasteiger partial charge in [0.1, 0.15) is 0 Å². The van der Waals surface area contributed by atoms with Crippen LogP contribution in [0.15, 0.2) is 65.6 Å². The SMILES string of the molecule is N#CCC1CCc2c(CS(=O)(=O)c3ccccc3)cc3ccccc3c21. The highest BCUT2D eigenvalue weighted by Gasteiger charge is 2.28. The quantitative estimate of drug-likeness (QED) is 0.673. The maximum Gasteiger partial charge on any atom is 0.182 e. The van der Waals surface area contributed by atoms with Crippen molar-refractivity contribution in [2.24, 2.45) is 0 Å². The van der Waals surface area contributed by atoms with Crippen molar-refractivity contribution < 1.29 is 8.42 Å². The summed E-state index contributed by atoms with van der Waals surface area (Å²) in [5.74, 6) is 0.197. The molecule has 3 aromatic rings. The predicted molar refractivity (Wildman–Crippen MR) is 103 cm³/mol. The molecule has 26 heavy (non-hydrogen) atoms. The van der Waals surface area contributed by atoms with Crippen molar-refractivity contribution in [3.05, 3.63) is 77.4 Å². The molecule has 0 radical (unpaired) electrons. The first-order valence-electron chi connectivity index (χ1n) is 8.78. The van der Waals surface area contributed by atoms with Crippen LogP contribution in [0.4, 0.5) is 0 Å². The van der Waals surface area contributed by atoms with Crippen molar-refractivity contribution in [2.45, 2.75) is 35.8 Å². The van der Waals surface area contributed by atoms with Crippen LogP contribution in [0.2, 0.25) is 0 Å². The molecule has 0 amide bonds. The van der Waals surface area contributed by atoms with Crippen LogP contribution < -0.4 is 0 Å². The Labute approximate surface area is 153 Å². The summed E-state index contributed by atoms with van der Waals surface area (Å²) in [5.41, 5.74) is 3.19. The van der Waals surface area contributed by atoms with E-state index in [-0.39, 0.29) is 11.7 Å².